The zero-order valence-corrected chi connectivity index (χ0v) is 14.8. The predicted octanol–water partition coefficient (Wildman–Crippen LogP) is 3.78. The first-order valence-corrected chi connectivity index (χ1v) is 8.46. The number of benzene rings is 2. The maximum Gasteiger partial charge on any atom is 0.256 e. The highest BCUT2D eigenvalue weighted by Gasteiger charge is 2.11. The molecule has 1 amide bonds. The molecule has 6 heteroatoms. The summed E-state index contributed by atoms with van der Waals surface area (Å²) in [5.74, 6) is -0.00472. The Morgan fingerprint density at radius 1 is 1.15 bits per heavy atom. The Kier molecular flexibility index (Phi) is 5.31. The molecular formula is C20H21FN4O. The Balaban J connectivity index is 1.72. The second-order valence-electron chi connectivity index (χ2n) is 5.98. The van der Waals surface area contributed by atoms with Gasteiger partial charge in [-0.2, -0.15) is 5.10 Å². The molecule has 2 aromatic carbocycles. The van der Waals surface area contributed by atoms with Gasteiger partial charge in [0, 0.05) is 36.5 Å². The number of anilines is 2. The van der Waals surface area contributed by atoms with Gasteiger partial charge in [-0.25, -0.2) is 9.07 Å². The maximum atomic E-state index is 13.8. The first-order chi connectivity index (χ1) is 12.6. The van der Waals surface area contributed by atoms with Crippen LogP contribution in [0.15, 0.2) is 60.8 Å². The Bertz CT molecular complexity index is 889. The van der Waals surface area contributed by atoms with Crippen LogP contribution in [0.1, 0.15) is 22.8 Å². The second kappa shape index (κ2) is 7.82. The van der Waals surface area contributed by atoms with Crippen molar-refractivity contribution < 1.29 is 9.18 Å². The molecule has 0 bridgehead atoms. The zero-order chi connectivity index (χ0) is 18.5. The van der Waals surface area contributed by atoms with E-state index in [-0.39, 0.29) is 18.3 Å². The lowest BCUT2D eigenvalue weighted by Crippen LogP contribution is -2.18. The van der Waals surface area contributed by atoms with Crippen molar-refractivity contribution in [2.75, 3.05) is 23.8 Å². The number of carbonyl (C=O) groups is 1. The number of aromatic nitrogens is 2. The largest absolute Gasteiger partial charge is 0.375 e. The first-order valence-electron chi connectivity index (χ1n) is 8.46. The summed E-state index contributed by atoms with van der Waals surface area (Å²) in [5.41, 5.74) is 2.11. The molecule has 0 spiro atoms. The minimum atomic E-state index is -0.295. The van der Waals surface area contributed by atoms with Crippen molar-refractivity contribution in [2.24, 2.45) is 0 Å². The molecule has 5 nitrogen and oxygen atoms in total. The molecule has 0 radical (unpaired) electrons. The van der Waals surface area contributed by atoms with Gasteiger partial charge in [-0.1, -0.05) is 18.2 Å². The first kappa shape index (κ1) is 17.7. The maximum absolute atomic E-state index is 13.8. The van der Waals surface area contributed by atoms with E-state index in [1.165, 1.54) is 6.07 Å². The number of hydrogen-bond donors (Lipinski definition) is 1. The molecule has 1 heterocycles. The third kappa shape index (κ3) is 3.91. The second-order valence-corrected chi connectivity index (χ2v) is 5.98. The van der Waals surface area contributed by atoms with E-state index in [9.17, 15) is 9.18 Å². The molecule has 3 aromatic rings. The van der Waals surface area contributed by atoms with Gasteiger partial charge in [0.2, 0.25) is 0 Å². The number of hydrogen-bond acceptors (Lipinski definition) is 3. The highest BCUT2D eigenvalue weighted by molar-refractivity contribution is 6.04. The molecule has 26 heavy (non-hydrogen) atoms. The van der Waals surface area contributed by atoms with Crippen LogP contribution in [-0.2, 0) is 6.54 Å². The highest BCUT2D eigenvalue weighted by Crippen LogP contribution is 2.16. The van der Waals surface area contributed by atoms with Crippen LogP contribution < -0.4 is 10.2 Å². The Hall–Kier alpha value is -3.15. The van der Waals surface area contributed by atoms with E-state index in [1.807, 2.05) is 19.2 Å². The molecule has 0 unspecified atom stereocenters. The summed E-state index contributed by atoms with van der Waals surface area (Å²) < 4.78 is 15.4. The molecule has 0 aliphatic heterocycles. The third-order valence-corrected chi connectivity index (χ3v) is 4.28. The fourth-order valence-electron chi connectivity index (χ4n) is 2.59. The quantitative estimate of drug-likeness (QED) is 0.734. The number of halogens is 1. The lowest BCUT2D eigenvalue weighted by Gasteiger charge is -2.16. The zero-order valence-electron chi connectivity index (χ0n) is 14.8. The molecule has 0 saturated carbocycles. The Morgan fingerprint density at radius 3 is 2.58 bits per heavy atom. The van der Waals surface area contributed by atoms with Crippen LogP contribution in [0.5, 0.6) is 0 Å². The van der Waals surface area contributed by atoms with E-state index in [0.717, 1.165) is 12.2 Å². The average Bonchev–Trinajstić information content (AvgIpc) is 3.09. The molecule has 0 aliphatic carbocycles. The van der Waals surface area contributed by atoms with Gasteiger partial charge in [0.25, 0.3) is 5.91 Å². The average molecular weight is 352 g/mol. The fraction of sp³-hybridized carbons (Fsp3) is 0.200. The monoisotopic (exact) mass is 352 g/mol. The smallest absolute Gasteiger partial charge is 0.256 e. The number of rotatable bonds is 6. The molecule has 1 N–H and O–H groups in total. The van der Waals surface area contributed by atoms with Gasteiger partial charge in [0.05, 0.1) is 12.7 Å². The summed E-state index contributed by atoms with van der Waals surface area (Å²) in [5, 5.41) is 7.01. The van der Waals surface area contributed by atoms with Crippen molar-refractivity contribution >= 4 is 17.4 Å². The summed E-state index contributed by atoms with van der Waals surface area (Å²) in [4.78, 5) is 14.6. The SMILES string of the molecule is CCN(C)c1ccc(C(=O)Nc2ccnn2Cc2ccccc2F)cc1. The molecule has 134 valence electrons. The molecule has 0 aliphatic rings. The van der Waals surface area contributed by atoms with Crippen molar-refractivity contribution in [1.82, 2.24) is 9.78 Å². The number of nitrogens with zero attached hydrogens (tertiary/aromatic N) is 3. The van der Waals surface area contributed by atoms with Gasteiger partial charge in [-0.3, -0.25) is 4.79 Å². The van der Waals surface area contributed by atoms with Crippen LogP contribution in [0.25, 0.3) is 0 Å². The summed E-state index contributed by atoms with van der Waals surface area (Å²) in [7, 11) is 2.00. The number of amides is 1. The third-order valence-electron chi connectivity index (χ3n) is 4.28. The minimum Gasteiger partial charge on any atom is -0.375 e. The standard InChI is InChI=1S/C20H21FN4O/c1-3-24(2)17-10-8-15(9-11-17)20(26)23-19-12-13-22-25(19)14-16-6-4-5-7-18(16)21/h4-13H,3,14H2,1-2H3,(H,23,26). The van der Waals surface area contributed by atoms with Gasteiger partial charge in [0.1, 0.15) is 11.6 Å². The summed E-state index contributed by atoms with van der Waals surface area (Å²) >= 11 is 0. The molecule has 3 rings (SSSR count). The van der Waals surface area contributed by atoms with Crippen LogP contribution >= 0.6 is 0 Å². The van der Waals surface area contributed by atoms with Crippen molar-refractivity contribution in [2.45, 2.75) is 13.5 Å². The van der Waals surface area contributed by atoms with E-state index in [4.69, 9.17) is 0 Å². The van der Waals surface area contributed by atoms with E-state index in [2.05, 4.69) is 22.2 Å². The van der Waals surface area contributed by atoms with Crippen molar-refractivity contribution in [3.05, 3.63) is 77.7 Å². The molecular weight excluding hydrogens is 331 g/mol. The van der Waals surface area contributed by atoms with Crippen LogP contribution in [-0.4, -0.2) is 29.3 Å². The van der Waals surface area contributed by atoms with Crippen LogP contribution in [0, 0.1) is 5.82 Å². The molecule has 1 aromatic heterocycles. The van der Waals surface area contributed by atoms with Crippen LogP contribution in [0.4, 0.5) is 15.9 Å². The van der Waals surface area contributed by atoms with Gasteiger partial charge in [0.15, 0.2) is 0 Å². The van der Waals surface area contributed by atoms with Crippen LogP contribution in [0.3, 0.4) is 0 Å². The lowest BCUT2D eigenvalue weighted by atomic mass is 10.2. The molecule has 0 fully saturated rings. The molecule has 0 saturated heterocycles. The van der Waals surface area contributed by atoms with Gasteiger partial charge in [-0.15, -0.1) is 0 Å². The van der Waals surface area contributed by atoms with Gasteiger partial charge in [-0.05, 0) is 37.3 Å². The normalized spacial score (nSPS) is 10.6. The number of nitrogens with one attached hydrogen (secondary N) is 1. The lowest BCUT2D eigenvalue weighted by molar-refractivity contribution is 0.102. The predicted molar refractivity (Wildman–Crippen MR) is 101 cm³/mol. The van der Waals surface area contributed by atoms with E-state index in [1.54, 1.807) is 47.3 Å². The van der Waals surface area contributed by atoms with E-state index < -0.39 is 0 Å². The molecule has 0 atom stereocenters. The van der Waals surface area contributed by atoms with E-state index >= 15 is 0 Å². The summed E-state index contributed by atoms with van der Waals surface area (Å²) in [6, 6.07) is 15.6. The number of carbonyl (C=O) groups excluding carboxylic acids is 1. The van der Waals surface area contributed by atoms with Crippen molar-refractivity contribution in [3.8, 4) is 0 Å². The Morgan fingerprint density at radius 2 is 1.88 bits per heavy atom. The van der Waals surface area contributed by atoms with Gasteiger partial charge < -0.3 is 10.2 Å². The van der Waals surface area contributed by atoms with Gasteiger partial charge >= 0.3 is 0 Å². The van der Waals surface area contributed by atoms with Crippen molar-refractivity contribution in [1.29, 1.82) is 0 Å². The Labute approximate surface area is 152 Å². The van der Waals surface area contributed by atoms with Crippen molar-refractivity contribution in [3.63, 3.8) is 0 Å². The topological polar surface area (TPSA) is 50.2 Å². The van der Waals surface area contributed by atoms with E-state index in [0.29, 0.717) is 16.9 Å². The highest BCUT2D eigenvalue weighted by atomic mass is 19.1. The van der Waals surface area contributed by atoms with Crippen LogP contribution in [0.2, 0.25) is 0 Å². The summed E-state index contributed by atoms with van der Waals surface area (Å²) in [6.07, 6.45) is 1.58. The summed E-state index contributed by atoms with van der Waals surface area (Å²) in [6.45, 7) is 3.20. The minimum absolute atomic E-state index is 0.231. The fourth-order valence-corrected chi connectivity index (χ4v) is 2.59.